The molecule has 1 atom stereocenters. The predicted molar refractivity (Wildman–Crippen MR) is 70.1 cm³/mol. The zero-order valence-electron chi connectivity index (χ0n) is 10.5. The van der Waals surface area contributed by atoms with E-state index in [9.17, 15) is 4.39 Å². The SMILES string of the molecule is CCNCC(Cc1ccco1)c1cccc(F)c1. The number of benzene rings is 1. The van der Waals surface area contributed by atoms with Gasteiger partial charge in [0, 0.05) is 18.9 Å². The number of rotatable bonds is 6. The van der Waals surface area contributed by atoms with Gasteiger partial charge in [-0.25, -0.2) is 4.39 Å². The fourth-order valence-electron chi connectivity index (χ4n) is 2.06. The summed E-state index contributed by atoms with van der Waals surface area (Å²) in [6.45, 7) is 3.79. The van der Waals surface area contributed by atoms with Crippen molar-refractivity contribution < 1.29 is 8.81 Å². The van der Waals surface area contributed by atoms with E-state index in [4.69, 9.17) is 4.42 Å². The molecular weight excluding hydrogens is 229 g/mol. The van der Waals surface area contributed by atoms with E-state index in [1.165, 1.54) is 6.07 Å². The van der Waals surface area contributed by atoms with Crippen molar-refractivity contribution in [2.75, 3.05) is 13.1 Å². The lowest BCUT2D eigenvalue weighted by Gasteiger charge is -2.16. The number of likely N-dealkylation sites (N-methyl/N-ethyl adjacent to an activating group) is 1. The van der Waals surface area contributed by atoms with Gasteiger partial charge in [-0.3, -0.25) is 0 Å². The smallest absolute Gasteiger partial charge is 0.123 e. The van der Waals surface area contributed by atoms with Crippen LogP contribution in [0.1, 0.15) is 24.2 Å². The molecule has 1 heterocycles. The van der Waals surface area contributed by atoms with Crippen molar-refractivity contribution in [1.82, 2.24) is 5.32 Å². The fourth-order valence-corrected chi connectivity index (χ4v) is 2.06. The third-order valence-corrected chi connectivity index (χ3v) is 2.99. The van der Waals surface area contributed by atoms with E-state index in [0.717, 1.165) is 30.8 Å². The van der Waals surface area contributed by atoms with Gasteiger partial charge < -0.3 is 9.73 Å². The second kappa shape index (κ2) is 6.36. The zero-order valence-corrected chi connectivity index (χ0v) is 10.5. The molecule has 0 saturated carbocycles. The molecule has 0 aliphatic heterocycles. The zero-order chi connectivity index (χ0) is 12.8. The van der Waals surface area contributed by atoms with E-state index >= 15 is 0 Å². The number of hydrogen-bond donors (Lipinski definition) is 1. The molecule has 18 heavy (non-hydrogen) atoms. The molecule has 0 aliphatic carbocycles. The first-order valence-corrected chi connectivity index (χ1v) is 6.28. The predicted octanol–water partition coefficient (Wildman–Crippen LogP) is 3.35. The average Bonchev–Trinajstić information content (AvgIpc) is 2.87. The lowest BCUT2D eigenvalue weighted by molar-refractivity contribution is 0.474. The van der Waals surface area contributed by atoms with Crippen LogP contribution >= 0.6 is 0 Å². The minimum Gasteiger partial charge on any atom is -0.469 e. The van der Waals surface area contributed by atoms with Gasteiger partial charge in [0.1, 0.15) is 11.6 Å². The Morgan fingerprint density at radius 3 is 2.83 bits per heavy atom. The fraction of sp³-hybridized carbons (Fsp3) is 0.333. The minimum atomic E-state index is -0.187. The van der Waals surface area contributed by atoms with Crippen LogP contribution < -0.4 is 5.32 Å². The summed E-state index contributed by atoms with van der Waals surface area (Å²) in [6, 6.07) is 10.6. The maximum absolute atomic E-state index is 13.3. The van der Waals surface area contributed by atoms with Crippen LogP contribution in [0.15, 0.2) is 47.1 Å². The second-order valence-electron chi connectivity index (χ2n) is 4.34. The van der Waals surface area contributed by atoms with Crippen molar-refractivity contribution in [3.63, 3.8) is 0 Å². The monoisotopic (exact) mass is 247 g/mol. The molecule has 0 bridgehead atoms. The molecule has 3 heteroatoms. The summed E-state index contributed by atoms with van der Waals surface area (Å²) in [5, 5.41) is 3.31. The molecule has 0 fully saturated rings. The van der Waals surface area contributed by atoms with E-state index in [1.807, 2.05) is 18.2 Å². The third-order valence-electron chi connectivity index (χ3n) is 2.99. The first kappa shape index (κ1) is 12.8. The molecule has 1 aromatic heterocycles. The molecule has 0 aliphatic rings. The molecule has 0 spiro atoms. The average molecular weight is 247 g/mol. The molecular formula is C15H18FNO. The van der Waals surface area contributed by atoms with E-state index in [1.54, 1.807) is 18.4 Å². The van der Waals surface area contributed by atoms with E-state index in [0.29, 0.717) is 0 Å². The maximum Gasteiger partial charge on any atom is 0.123 e. The van der Waals surface area contributed by atoms with Gasteiger partial charge in [-0.05, 0) is 36.4 Å². The Hall–Kier alpha value is -1.61. The summed E-state index contributed by atoms with van der Waals surface area (Å²) >= 11 is 0. The number of hydrogen-bond acceptors (Lipinski definition) is 2. The number of halogens is 1. The number of furan rings is 1. The second-order valence-corrected chi connectivity index (χ2v) is 4.34. The molecule has 0 saturated heterocycles. The molecule has 96 valence electrons. The Labute approximate surface area is 107 Å². The lowest BCUT2D eigenvalue weighted by Crippen LogP contribution is -2.22. The van der Waals surface area contributed by atoms with Crippen LogP contribution in [0.5, 0.6) is 0 Å². The van der Waals surface area contributed by atoms with Crippen molar-refractivity contribution in [3.8, 4) is 0 Å². The number of nitrogens with one attached hydrogen (secondary N) is 1. The highest BCUT2D eigenvalue weighted by atomic mass is 19.1. The molecule has 1 N–H and O–H groups in total. The first-order valence-electron chi connectivity index (χ1n) is 6.28. The minimum absolute atomic E-state index is 0.187. The highest BCUT2D eigenvalue weighted by Gasteiger charge is 2.14. The summed E-state index contributed by atoms with van der Waals surface area (Å²) in [4.78, 5) is 0. The van der Waals surface area contributed by atoms with Crippen molar-refractivity contribution in [2.45, 2.75) is 19.3 Å². The summed E-state index contributed by atoms with van der Waals surface area (Å²) in [5.41, 5.74) is 1.01. The lowest BCUT2D eigenvalue weighted by atomic mass is 9.94. The van der Waals surface area contributed by atoms with E-state index in [-0.39, 0.29) is 11.7 Å². The summed E-state index contributed by atoms with van der Waals surface area (Å²) in [5.74, 6) is 0.974. The van der Waals surface area contributed by atoms with Crippen LogP contribution in [0.4, 0.5) is 4.39 Å². The highest BCUT2D eigenvalue weighted by Crippen LogP contribution is 2.21. The summed E-state index contributed by atoms with van der Waals surface area (Å²) < 4.78 is 18.7. The molecule has 2 aromatic rings. The van der Waals surface area contributed by atoms with Crippen LogP contribution in [-0.2, 0) is 6.42 Å². The van der Waals surface area contributed by atoms with Gasteiger partial charge in [-0.15, -0.1) is 0 Å². The quantitative estimate of drug-likeness (QED) is 0.846. The Bertz CT molecular complexity index is 467. The molecule has 1 unspecified atom stereocenters. The Balaban J connectivity index is 2.13. The van der Waals surface area contributed by atoms with Crippen molar-refractivity contribution >= 4 is 0 Å². The highest BCUT2D eigenvalue weighted by molar-refractivity contribution is 5.22. The van der Waals surface area contributed by atoms with Gasteiger partial charge in [-0.2, -0.15) is 0 Å². The van der Waals surface area contributed by atoms with E-state index < -0.39 is 0 Å². The molecule has 2 rings (SSSR count). The third kappa shape index (κ3) is 3.44. The largest absolute Gasteiger partial charge is 0.469 e. The topological polar surface area (TPSA) is 25.2 Å². The summed E-state index contributed by atoms with van der Waals surface area (Å²) in [6.07, 6.45) is 2.45. The van der Waals surface area contributed by atoms with Crippen molar-refractivity contribution in [3.05, 3.63) is 59.8 Å². The van der Waals surface area contributed by atoms with Crippen molar-refractivity contribution in [2.24, 2.45) is 0 Å². The van der Waals surface area contributed by atoms with Crippen LogP contribution in [0, 0.1) is 5.82 Å². The van der Waals surface area contributed by atoms with Gasteiger partial charge in [0.25, 0.3) is 0 Å². The molecule has 0 amide bonds. The standard InChI is InChI=1S/C15H18FNO/c1-2-17-11-13(10-15-7-4-8-18-15)12-5-3-6-14(16)9-12/h3-9,13,17H,2,10-11H2,1H3. The van der Waals surface area contributed by atoms with Crippen LogP contribution in [0.3, 0.4) is 0 Å². The van der Waals surface area contributed by atoms with Crippen LogP contribution in [0.25, 0.3) is 0 Å². The van der Waals surface area contributed by atoms with Gasteiger partial charge in [0.15, 0.2) is 0 Å². The Kier molecular flexibility index (Phi) is 4.53. The molecule has 1 aromatic carbocycles. The van der Waals surface area contributed by atoms with Crippen LogP contribution in [-0.4, -0.2) is 13.1 Å². The normalized spacial score (nSPS) is 12.6. The van der Waals surface area contributed by atoms with Crippen LogP contribution in [0.2, 0.25) is 0 Å². The van der Waals surface area contributed by atoms with E-state index in [2.05, 4.69) is 12.2 Å². The Morgan fingerprint density at radius 1 is 1.28 bits per heavy atom. The molecule has 0 radical (unpaired) electrons. The van der Waals surface area contributed by atoms with Gasteiger partial charge in [0.2, 0.25) is 0 Å². The first-order chi connectivity index (χ1) is 8.79. The van der Waals surface area contributed by atoms with Crippen molar-refractivity contribution in [1.29, 1.82) is 0 Å². The van der Waals surface area contributed by atoms with Gasteiger partial charge in [-0.1, -0.05) is 19.1 Å². The van der Waals surface area contributed by atoms with Gasteiger partial charge in [0.05, 0.1) is 6.26 Å². The molecule has 2 nitrogen and oxygen atoms in total. The summed E-state index contributed by atoms with van der Waals surface area (Å²) in [7, 11) is 0. The Morgan fingerprint density at radius 2 is 2.17 bits per heavy atom. The van der Waals surface area contributed by atoms with Gasteiger partial charge >= 0.3 is 0 Å². The maximum atomic E-state index is 13.3.